The molecule has 0 aliphatic carbocycles. The van der Waals surface area contributed by atoms with Gasteiger partial charge in [-0.15, -0.1) is 0 Å². The summed E-state index contributed by atoms with van der Waals surface area (Å²) in [6.45, 7) is 1.54. The normalized spacial score (nSPS) is 9.60. The van der Waals surface area contributed by atoms with Crippen molar-refractivity contribution in [3.8, 4) is 0 Å². The molecule has 2 aromatic rings. The second-order valence-corrected chi connectivity index (χ2v) is 6.39. The van der Waals surface area contributed by atoms with E-state index in [-0.39, 0.29) is 24.7 Å². The molecule has 1 aromatic heterocycles. The molecule has 0 aliphatic rings. The quantitative estimate of drug-likeness (QED) is 0.525. The molecule has 10 heteroatoms. The number of likely N-dealkylation sites (N-methyl/N-ethyl adjacent to an activating group) is 1. The first-order chi connectivity index (χ1) is 14.4. The summed E-state index contributed by atoms with van der Waals surface area (Å²) in [6.07, 6.45) is 5.38. The minimum absolute atomic E-state index is 0.133. The summed E-state index contributed by atoms with van der Waals surface area (Å²) in [6, 6.07) is 6.46. The lowest BCUT2D eigenvalue weighted by Gasteiger charge is -2.24. The van der Waals surface area contributed by atoms with Gasteiger partial charge in [-0.2, -0.15) is 0 Å². The highest BCUT2D eigenvalue weighted by Crippen LogP contribution is 2.10. The van der Waals surface area contributed by atoms with Gasteiger partial charge in [0.25, 0.3) is 12.9 Å². The fraction of sp³-hybridized carbons (Fsp3) is 0.400. The minimum atomic E-state index is -0.250. The van der Waals surface area contributed by atoms with Crippen LogP contribution >= 0.6 is 0 Å². The number of aryl methyl sites for hydroxylation is 1. The summed E-state index contributed by atoms with van der Waals surface area (Å²) in [7, 11) is 3.99. The van der Waals surface area contributed by atoms with Gasteiger partial charge in [-0.05, 0) is 44.6 Å². The first kappa shape index (κ1) is 26.7. The monoisotopic (exact) mass is 424 g/mol. The van der Waals surface area contributed by atoms with Crippen LogP contribution in [0.1, 0.15) is 24.1 Å². The fourth-order valence-electron chi connectivity index (χ4n) is 2.44. The van der Waals surface area contributed by atoms with Crippen LogP contribution < -0.4 is 0 Å². The molecule has 0 unspecified atom stereocenters. The Kier molecular flexibility index (Phi) is 14.8. The largest absolute Gasteiger partial charge is 0.483 e. The molecule has 30 heavy (non-hydrogen) atoms. The van der Waals surface area contributed by atoms with Crippen molar-refractivity contribution in [2.75, 3.05) is 27.2 Å². The highest BCUT2D eigenvalue weighted by Gasteiger charge is 2.14. The number of imidazole rings is 1. The summed E-state index contributed by atoms with van der Waals surface area (Å²) in [5, 5.41) is 13.8. The van der Waals surface area contributed by atoms with Crippen LogP contribution in [0.4, 0.5) is 4.39 Å². The van der Waals surface area contributed by atoms with Crippen LogP contribution in [-0.2, 0) is 27.3 Å². The Labute approximate surface area is 175 Å². The number of nitrogens with one attached hydrogen (secondary N) is 1. The zero-order valence-corrected chi connectivity index (χ0v) is 17.2. The summed E-state index contributed by atoms with van der Waals surface area (Å²) >= 11 is 0. The first-order valence-electron chi connectivity index (χ1n) is 9.17. The number of hydrogen-bond acceptors (Lipinski definition) is 5. The third-order valence-electron chi connectivity index (χ3n) is 3.86. The van der Waals surface area contributed by atoms with E-state index in [0.29, 0.717) is 19.5 Å². The molecule has 2 rings (SSSR count). The molecule has 0 spiro atoms. The van der Waals surface area contributed by atoms with Crippen molar-refractivity contribution in [2.45, 2.75) is 25.8 Å². The van der Waals surface area contributed by atoms with E-state index in [0.717, 1.165) is 30.6 Å². The lowest BCUT2D eigenvalue weighted by atomic mass is 10.1. The molecule has 1 heterocycles. The van der Waals surface area contributed by atoms with Gasteiger partial charge in [0.2, 0.25) is 5.91 Å². The van der Waals surface area contributed by atoms with Gasteiger partial charge in [-0.1, -0.05) is 12.1 Å². The lowest BCUT2D eigenvalue weighted by molar-refractivity contribution is -0.132. The Balaban J connectivity index is 0.00000125. The number of nitrogens with zero attached hydrogens (tertiary/aromatic N) is 3. The van der Waals surface area contributed by atoms with Crippen LogP contribution in [-0.4, -0.2) is 76.0 Å². The molecule has 3 N–H and O–H groups in total. The number of halogens is 1. The van der Waals surface area contributed by atoms with E-state index < -0.39 is 0 Å². The molecular weight excluding hydrogens is 395 g/mol. The fourth-order valence-corrected chi connectivity index (χ4v) is 2.44. The number of rotatable bonds is 9. The third kappa shape index (κ3) is 13.0. The van der Waals surface area contributed by atoms with E-state index in [1.807, 2.05) is 19.0 Å². The zero-order valence-electron chi connectivity index (χ0n) is 17.2. The number of hydrogen-bond donors (Lipinski definition) is 3. The minimum Gasteiger partial charge on any atom is -0.483 e. The van der Waals surface area contributed by atoms with Crippen molar-refractivity contribution in [3.63, 3.8) is 0 Å². The molecule has 0 fully saturated rings. The van der Waals surface area contributed by atoms with Gasteiger partial charge in [0.1, 0.15) is 5.82 Å². The highest BCUT2D eigenvalue weighted by molar-refractivity contribution is 5.76. The maximum absolute atomic E-state index is 12.9. The number of aromatic amines is 1. The molecule has 0 atom stereocenters. The summed E-state index contributed by atoms with van der Waals surface area (Å²) in [5.41, 5.74) is 1.98. The Morgan fingerprint density at radius 1 is 1.13 bits per heavy atom. The van der Waals surface area contributed by atoms with Crippen LogP contribution in [0.15, 0.2) is 36.8 Å². The van der Waals surface area contributed by atoms with Crippen LogP contribution in [0.3, 0.4) is 0 Å². The van der Waals surface area contributed by atoms with Gasteiger partial charge in [0.05, 0.1) is 18.6 Å². The van der Waals surface area contributed by atoms with E-state index >= 15 is 0 Å². The first-order valence-corrected chi connectivity index (χ1v) is 9.17. The van der Waals surface area contributed by atoms with E-state index in [2.05, 4.69) is 14.9 Å². The van der Waals surface area contributed by atoms with E-state index in [1.165, 1.54) is 12.1 Å². The molecule has 0 radical (unpaired) electrons. The number of carboxylic acid groups (broad SMARTS) is 2. The smallest absolute Gasteiger partial charge is 0.290 e. The molecule has 1 amide bonds. The predicted octanol–water partition coefficient (Wildman–Crippen LogP) is 1.86. The maximum Gasteiger partial charge on any atom is 0.290 e. The summed E-state index contributed by atoms with van der Waals surface area (Å²) in [5.74, 6) is -0.0993. The van der Waals surface area contributed by atoms with Crippen molar-refractivity contribution < 1.29 is 29.0 Å². The Bertz CT molecular complexity index is 702. The van der Waals surface area contributed by atoms with Crippen molar-refractivity contribution >= 4 is 18.9 Å². The van der Waals surface area contributed by atoms with Crippen molar-refractivity contribution in [1.82, 2.24) is 19.8 Å². The van der Waals surface area contributed by atoms with Crippen molar-refractivity contribution in [1.29, 1.82) is 0 Å². The average molecular weight is 424 g/mol. The molecule has 166 valence electrons. The maximum atomic E-state index is 12.9. The molecule has 9 nitrogen and oxygen atoms in total. The van der Waals surface area contributed by atoms with Gasteiger partial charge in [-0.3, -0.25) is 14.4 Å². The Morgan fingerprint density at radius 2 is 1.73 bits per heavy atom. The number of carbonyl (C=O) groups excluding carboxylic acids is 1. The standard InChI is InChI=1S/C18H25FN4O.2CH2O2/c1-22(2)10-11-23(13-17-12-20-14-21-17)18(24)5-3-4-15-6-8-16(19)9-7-15;2*2-1-3/h6-9,12,14H,3-5,10-11,13H2,1-2H3,(H,20,21);2*1H,(H,2,3). The summed E-state index contributed by atoms with van der Waals surface area (Å²) in [4.78, 5) is 40.2. The van der Waals surface area contributed by atoms with Crippen molar-refractivity contribution in [2.24, 2.45) is 0 Å². The van der Waals surface area contributed by atoms with Crippen LogP contribution in [0.5, 0.6) is 0 Å². The number of H-pyrrole nitrogens is 1. The molecular formula is C20H29FN4O5. The second kappa shape index (κ2) is 16.7. The molecule has 0 saturated carbocycles. The van der Waals surface area contributed by atoms with Crippen LogP contribution in [0.25, 0.3) is 0 Å². The van der Waals surface area contributed by atoms with E-state index in [4.69, 9.17) is 19.8 Å². The molecule has 1 aromatic carbocycles. The average Bonchev–Trinajstić information content (AvgIpc) is 3.21. The van der Waals surface area contributed by atoms with Crippen LogP contribution in [0, 0.1) is 5.82 Å². The zero-order chi connectivity index (χ0) is 22.8. The van der Waals surface area contributed by atoms with Gasteiger partial charge < -0.3 is 25.0 Å². The van der Waals surface area contributed by atoms with Gasteiger partial charge >= 0.3 is 0 Å². The predicted molar refractivity (Wildman–Crippen MR) is 109 cm³/mol. The highest BCUT2D eigenvalue weighted by atomic mass is 19.1. The topological polar surface area (TPSA) is 127 Å². The van der Waals surface area contributed by atoms with Gasteiger partial charge in [0, 0.05) is 25.7 Å². The third-order valence-corrected chi connectivity index (χ3v) is 3.86. The number of benzene rings is 1. The second-order valence-electron chi connectivity index (χ2n) is 6.39. The van der Waals surface area contributed by atoms with Crippen LogP contribution in [0.2, 0.25) is 0 Å². The van der Waals surface area contributed by atoms with E-state index in [1.54, 1.807) is 24.7 Å². The van der Waals surface area contributed by atoms with E-state index in [9.17, 15) is 9.18 Å². The Hall–Kier alpha value is -3.27. The Morgan fingerprint density at radius 3 is 2.23 bits per heavy atom. The molecule has 0 bridgehead atoms. The van der Waals surface area contributed by atoms with Crippen molar-refractivity contribution in [3.05, 3.63) is 53.9 Å². The molecule has 0 aliphatic heterocycles. The SMILES string of the molecule is CN(C)CCN(Cc1cnc[nH]1)C(=O)CCCc1ccc(F)cc1.O=CO.O=CO. The number of carbonyl (C=O) groups is 3. The summed E-state index contributed by atoms with van der Waals surface area (Å²) < 4.78 is 12.9. The number of aromatic nitrogens is 2. The lowest BCUT2D eigenvalue weighted by Crippen LogP contribution is -2.36. The van der Waals surface area contributed by atoms with Gasteiger partial charge in [-0.25, -0.2) is 9.37 Å². The molecule has 0 saturated heterocycles. The number of amides is 1. The van der Waals surface area contributed by atoms with Gasteiger partial charge in [0.15, 0.2) is 0 Å².